The SMILES string of the molecule is CC(C)CC(=O)NCC(O)c1ccc(N(C)C)cc1. The van der Waals surface area contributed by atoms with Gasteiger partial charge in [-0.25, -0.2) is 0 Å². The van der Waals surface area contributed by atoms with E-state index >= 15 is 0 Å². The van der Waals surface area contributed by atoms with Crippen LogP contribution >= 0.6 is 0 Å². The van der Waals surface area contributed by atoms with Crippen LogP contribution in [0.15, 0.2) is 24.3 Å². The van der Waals surface area contributed by atoms with Crippen LogP contribution in [0, 0.1) is 5.92 Å². The van der Waals surface area contributed by atoms with Gasteiger partial charge in [-0.3, -0.25) is 4.79 Å². The van der Waals surface area contributed by atoms with Gasteiger partial charge in [-0.05, 0) is 23.6 Å². The predicted molar refractivity (Wildman–Crippen MR) is 78.2 cm³/mol. The maximum absolute atomic E-state index is 11.5. The molecule has 2 N–H and O–H groups in total. The van der Waals surface area contributed by atoms with E-state index in [1.54, 1.807) is 0 Å². The van der Waals surface area contributed by atoms with Crippen molar-refractivity contribution in [3.8, 4) is 0 Å². The van der Waals surface area contributed by atoms with Crippen molar-refractivity contribution >= 4 is 11.6 Å². The first-order valence-corrected chi connectivity index (χ1v) is 6.62. The van der Waals surface area contributed by atoms with Crippen LogP contribution in [0.25, 0.3) is 0 Å². The lowest BCUT2D eigenvalue weighted by atomic mass is 10.1. The number of carbonyl (C=O) groups excluding carboxylic acids is 1. The number of nitrogens with zero attached hydrogens (tertiary/aromatic N) is 1. The first-order valence-electron chi connectivity index (χ1n) is 6.62. The molecule has 0 aliphatic rings. The van der Waals surface area contributed by atoms with Gasteiger partial charge in [0.2, 0.25) is 5.91 Å². The van der Waals surface area contributed by atoms with E-state index in [9.17, 15) is 9.90 Å². The van der Waals surface area contributed by atoms with Crippen LogP contribution in [0.3, 0.4) is 0 Å². The Morgan fingerprint density at radius 2 is 1.84 bits per heavy atom. The van der Waals surface area contributed by atoms with E-state index in [1.165, 1.54) is 0 Å². The third-order valence-electron chi connectivity index (χ3n) is 2.88. The fourth-order valence-corrected chi connectivity index (χ4v) is 1.77. The van der Waals surface area contributed by atoms with Crippen LogP contribution in [-0.2, 0) is 4.79 Å². The summed E-state index contributed by atoms with van der Waals surface area (Å²) in [5, 5.41) is 12.8. The molecule has 1 aromatic carbocycles. The summed E-state index contributed by atoms with van der Waals surface area (Å²) in [6.07, 6.45) is -0.168. The third kappa shape index (κ3) is 5.30. The average Bonchev–Trinajstić information content (AvgIpc) is 2.35. The molecule has 1 unspecified atom stereocenters. The molecule has 19 heavy (non-hydrogen) atoms. The molecule has 106 valence electrons. The normalized spacial score (nSPS) is 12.3. The smallest absolute Gasteiger partial charge is 0.220 e. The Balaban J connectivity index is 2.49. The summed E-state index contributed by atoms with van der Waals surface area (Å²) in [5.41, 5.74) is 1.90. The fraction of sp³-hybridized carbons (Fsp3) is 0.533. The highest BCUT2D eigenvalue weighted by atomic mass is 16.3. The fourth-order valence-electron chi connectivity index (χ4n) is 1.77. The number of amides is 1. The molecule has 0 aliphatic heterocycles. The lowest BCUT2D eigenvalue weighted by Crippen LogP contribution is -2.29. The van der Waals surface area contributed by atoms with Gasteiger partial charge in [0.15, 0.2) is 0 Å². The summed E-state index contributed by atoms with van der Waals surface area (Å²) in [6.45, 7) is 4.25. The molecule has 1 atom stereocenters. The number of hydrogen-bond donors (Lipinski definition) is 2. The molecule has 1 aromatic rings. The summed E-state index contributed by atoms with van der Waals surface area (Å²) in [6, 6.07) is 7.67. The monoisotopic (exact) mass is 264 g/mol. The Morgan fingerprint density at radius 1 is 1.26 bits per heavy atom. The lowest BCUT2D eigenvalue weighted by molar-refractivity contribution is -0.122. The Kier molecular flexibility index (Phi) is 5.83. The van der Waals surface area contributed by atoms with Crippen molar-refractivity contribution in [2.75, 3.05) is 25.5 Å². The molecular formula is C15H24N2O2. The number of benzene rings is 1. The van der Waals surface area contributed by atoms with Crippen molar-refractivity contribution in [3.63, 3.8) is 0 Å². The molecule has 0 aromatic heterocycles. The number of carbonyl (C=O) groups is 1. The van der Waals surface area contributed by atoms with E-state index in [4.69, 9.17) is 0 Å². The second-order valence-electron chi connectivity index (χ2n) is 5.40. The second kappa shape index (κ2) is 7.14. The van der Waals surface area contributed by atoms with Crippen LogP contribution in [0.1, 0.15) is 31.9 Å². The van der Waals surface area contributed by atoms with Gasteiger partial charge in [0.25, 0.3) is 0 Å². The molecule has 0 heterocycles. The van der Waals surface area contributed by atoms with Gasteiger partial charge in [0.1, 0.15) is 0 Å². The number of aliphatic hydroxyl groups is 1. The molecule has 0 fully saturated rings. The van der Waals surface area contributed by atoms with E-state index in [2.05, 4.69) is 5.32 Å². The topological polar surface area (TPSA) is 52.6 Å². The van der Waals surface area contributed by atoms with Crippen molar-refractivity contribution in [2.45, 2.75) is 26.4 Å². The van der Waals surface area contributed by atoms with Gasteiger partial charge in [-0.15, -0.1) is 0 Å². The molecule has 0 saturated heterocycles. The minimum absolute atomic E-state index is 0.0149. The van der Waals surface area contributed by atoms with E-state index in [0.29, 0.717) is 12.3 Å². The molecule has 0 bridgehead atoms. The van der Waals surface area contributed by atoms with E-state index in [1.807, 2.05) is 57.1 Å². The summed E-state index contributed by atoms with van der Waals surface area (Å²) in [7, 11) is 3.94. The average molecular weight is 264 g/mol. The number of rotatable bonds is 6. The molecular weight excluding hydrogens is 240 g/mol. The van der Waals surface area contributed by atoms with Crippen LogP contribution in [-0.4, -0.2) is 31.7 Å². The van der Waals surface area contributed by atoms with E-state index in [0.717, 1.165) is 11.3 Å². The van der Waals surface area contributed by atoms with Gasteiger partial charge in [-0.2, -0.15) is 0 Å². The first kappa shape index (κ1) is 15.5. The third-order valence-corrected chi connectivity index (χ3v) is 2.88. The van der Waals surface area contributed by atoms with Crippen molar-refractivity contribution in [1.29, 1.82) is 0 Å². The number of hydrogen-bond acceptors (Lipinski definition) is 3. The summed E-state index contributed by atoms with van der Waals surface area (Å²) in [4.78, 5) is 13.5. The first-order chi connectivity index (χ1) is 8.90. The lowest BCUT2D eigenvalue weighted by Gasteiger charge is -2.16. The maximum Gasteiger partial charge on any atom is 0.220 e. The number of anilines is 1. The van der Waals surface area contributed by atoms with Crippen molar-refractivity contribution in [3.05, 3.63) is 29.8 Å². The van der Waals surface area contributed by atoms with Crippen LogP contribution in [0.2, 0.25) is 0 Å². The van der Waals surface area contributed by atoms with Gasteiger partial charge in [0, 0.05) is 32.7 Å². The molecule has 4 nitrogen and oxygen atoms in total. The van der Waals surface area contributed by atoms with Crippen LogP contribution in [0.5, 0.6) is 0 Å². The Labute approximate surface area is 115 Å². The number of nitrogens with one attached hydrogen (secondary N) is 1. The second-order valence-corrected chi connectivity index (χ2v) is 5.40. The van der Waals surface area contributed by atoms with Crippen molar-refractivity contribution < 1.29 is 9.90 Å². The quantitative estimate of drug-likeness (QED) is 0.825. The highest BCUT2D eigenvalue weighted by molar-refractivity contribution is 5.76. The van der Waals surface area contributed by atoms with Gasteiger partial charge in [0.05, 0.1) is 6.10 Å². The van der Waals surface area contributed by atoms with Gasteiger partial charge in [-0.1, -0.05) is 26.0 Å². The maximum atomic E-state index is 11.5. The molecule has 0 aliphatic carbocycles. The minimum atomic E-state index is -0.660. The summed E-state index contributed by atoms with van der Waals surface area (Å²) >= 11 is 0. The molecule has 4 heteroatoms. The summed E-state index contributed by atoms with van der Waals surface area (Å²) < 4.78 is 0. The van der Waals surface area contributed by atoms with Crippen molar-refractivity contribution in [2.24, 2.45) is 5.92 Å². The Morgan fingerprint density at radius 3 is 2.32 bits per heavy atom. The number of aliphatic hydroxyl groups excluding tert-OH is 1. The molecule has 0 radical (unpaired) electrons. The minimum Gasteiger partial charge on any atom is -0.387 e. The summed E-state index contributed by atoms with van der Waals surface area (Å²) in [5.74, 6) is 0.315. The molecule has 0 spiro atoms. The van der Waals surface area contributed by atoms with Gasteiger partial charge < -0.3 is 15.3 Å². The highest BCUT2D eigenvalue weighted by Gasteiger charge is 2.10. The van der Waals surface area contributed by atoms with Crippen molar-refractivity contribution in [1.82, 2.24) is 5.32 Å². The standard InChI is InChI=1S/C15H24N2O2/c1-11(2)9-15(19)16-10-14(18)12-5-7-13(8-6-12)17(3)4/h5-8,11,14,18H,9-10H2,1-4H3,(H,16,19). The predicted octanol–water partition coefficient (Wildman–Crippen LogP) is 1.95. The molecule has 0 saturated carbocycles. The van der Waals surface area contributed by atoms with Crippen LogP contribution in [0.4, 0.5) is 5.69 Å². The van der Waals surface area contributed by atoms with Crippen LogP contribution < -0.4 is 10.2 Å². The largest absolute Gasteiger partial charge is 0.387 e. The zero-order valence-corrected chi connectivity index (χ0v) is 12.2. The Hall–Kier alpha value is -1.55. The van der Waals surface area contributed by atoms with Gasteiger partial charge >= 0.3 is 0 Å². The zero-order chi connectivity index (χ0) is 14.4. The Bertz CT molecular complexity index is 399. The van der Waals surface area contributed by atoms with E-state index < -0.39 is 6.10 Å². The highest BCUT2D eigenvalue weighted by Crippen LogP contribution is 2.17. The van der Waals surface area contributed by atoms with E-state index in [-0.39, 0.29) is 12.5 Å². The molecule has 1 rings (SSSR count). The zero-order valence-electron chi connectivity index (χ0n) is 12.2. The molecule has 1 amide bonds.